The van der Waals surface area contributed by atoms with Crippen molar-refractivity contribution in [1.29, 1.82) is 0 Å². The molecular formula is C25H24N4OS. The summed E-state index contributed by atoms with van der Waals surface area (Å²) in [6.07, 6.45) is 6.47. The lowest BCUT2D eigenvalue weighted by molar-refractivity contribution is 0.102. The van der Waals surface area contributed by atoms with Crippen LogP contribution in [0.1, 0.15) is 28.9 Å². The molecule has 1 saturated heterocycles. The predicted octanol–water partition coefficient (Wildman–Crippen LogP) is 5.48. The van der Waals surface area contributed by atoms with Gasteiger partial charge in [0.1, 0.15) is 5.65 Å². The van der Waals surface area contributed by atoms with Crippen molar-refractivity contribution in [3.8, 4) is 0 Å². The zero-order valence-electron chi connectivity index (χ0n) is 17.2. The van der Waals surface area contributed by atoms with E-state index >= 15 is 0 Å². The molecule has 1 N–H and O–H groups in total. The van der Waals surface area contributed by atoms with E-state index in [1.54, 1.807) is 11.8 Å². The molecule has 6 heteroatoms. The van der Waals surface area contributed by atoms with E-state index in [-0.39, 0.29) is 5.91 Å². The number of benzene rings is 2. The van der Waals surface area contributed by atoms with Crippen LogP contribution in [0.3, 0.4) is 0 Å². The maximum Gasteiger partial charge on any atom is 0.255 e. The molecule has 1 fully saturated rings. The van der Waals surface area contributed by atoms with Gasteiger partial charge in [-0.25, -0.2) is 4.98 Å². The van der Waals surface area contributed by atoms with Gasteiger partial charge in [0.25, 0.3) is 5.91 Å². The number of carbonyl (C=O) groups excluding carboxylic acids is 1. The van der Waals surface area contributed by atoms with Crippen LogP contribution >= 0.6 is 11.8 Å². The third kappa shape index (κ3) is 4.44. The van der Waals surface area contributed by atoms with Crippen molar-refractivity contribution in [1.82, 2.24) is 9.38 Å². The maximum atomic E-state index is 12.8. The lowest BCUT2D eigenvalue weighted by Crippen LogP contribution is -2.21. The molecule has 2 aromatic heterocycles. The number of para-hydroxylation sites is 2. The lowest BCUT2D eigenvalue weighted by atomic mass is 10.2. The number of pyridine rings is 1. The Labute approximate surface area is 186 Å². The molecule has 2 aromatic carbocycles. The molecule has 0 radical (unpaired) electrons. The smallest absolute Gasteiger partial charge is 0.255 e. The number of amides is 1. The topological polar surface area (TPSA) is 49.6 Å². The largest absolute Gasteiger partial charge is 0.370 e. The van der Waals surface area contributed by atoms with E-state index in [4.69, 9.17) is 0 Å². The fraction of sp³-hybridized carbons (Fsp3) is 0.200. The summed E-state index contributed by atoms with van der Waals surface area (Å²) in [5, 5.41) is 3.10. The summed E-state index contributed by atoms with van der Waals surface area (Å²) in [5.41, 5.74) is 4.64. The van der Waals surface area contributed by atoms with Gasteiger partial charge in [0.2, 0.25) is 0 Å². The number of carbonyl (C=O) groups is 1. The van der Waals surface area contributed by atoms with Crippen LogP contribution in [0.4, 0.5) is 11.4 Å². The van der Waals surface area contributed by atoms with Crippen LogP contribution in [0.5, 0.6) is 0 Å². The molecule has 5 nitrogen and oxygen atoms in total. The zero-order valence-corrected chi connectivity index (χ0v) is 18.0. The van der Waals surface area contributed by atoms with Crippen molar-refractivity contribution in [2.75, 3.05) is 23.3 Å². The Morgan fingerprint density at radius 2 is 1.74 bits per heavy atom. The molecule has 5 rings (SSSR count). The van der Waals surface area contributed by atoms with E-state index in [9.17, 15) is 4.79 Å². The Kier molecular flexibility index (Phi) is 5.63. The molecule has 31 heavy (non-hydrogen) atoms. The minimum Gasteiger partial charge on any atom is -0.370 e. The monoisotopic (exact) mass is 428 g/mol. The van der Waals surface area contributed by atoms with Gasteiger partial charge in [0.05, 0.1) is 17.1 Å². The van der Waals surface area contributed by atoms with E-state index in [0.29, 0.717) is 5.56 Å². The fourth-order valence-corrected chi connectivity index (χ4v) is 4.71. The van der Waals surface area contributed by atoms with Gasteiger partial charge in [-0.1, -0.05) is 18.2 Å². The molecule has 1 amide bonds. The predicted molar refractivity (Wildman–Crippen MR) is 127 cm³/mol. The molecule has 0 saturated carbocycles. The SMILES string of the molecule is O=C(Nc1ccccc1N1CCCC1)c1ccc(SCc2cn3ccccc3n2)cc1. The summed E-state index contributed by atoms with van der Waals surface area (Å²) in [5.74, 6) is 0.708. The van der Waals surface area contributed by atoms with E-state index in [2.05, 4.69) is 27.5 Å². The fourth-order valence-electron chi connectivity index (χ4n) is 3.92. The summed E-state index contributed by atoms with van der Waals surface area (Å²) < 4.78 is 2.03. The van der Waals surface area contributed by atoms with Gasteiger partial charge < -0.3 is 14.6 Å². The third-order valence-corrected chi connectivity index (χ3v) is 6.56. The molecule has 1 aliphatic rings. The first kappa shape index (κ1) is 19.7. The number of aromatic nitrogens is 2. The highest BCUT2D eigenvalue weighted by atomic mass is 32.2. The standard InChI is InChI=1S/C25H24N4OS/c30-25(27-22-7-1-2-8-23(22)28-14-5-6-15-28)19-10-12-21(13-11-19)31-18-20-17-29-16-4-3-9-24(29)26-20/h1-4,7-13,16-17H,5-6,14-15,18H2,(H,27,30). The van der Waals surface area contributed by atoms with Crippen molar-refractivity contribution in [2.24, 2.45) is 0 Å². The molecule has 0 bridgehead atoms. The summed E-state index contributed by atoms with van der Waals surface area (Å²) in [4.78, 5) is 20.9. The van der Waals surface area contributed by atoms with Crippen LogP contribution in [-0.4, -0.2) is 28.4 Å². The second-order valence-electron chi connectivity index (χ2n) is 7.68. The first-order valence-corrected chi connectivity index (χ1v) is 11.6. The maximum absolute atomic E-state index is 12.8. The quantitative estimate of drug-likeness (QED) is 0.413. The Morgan fingerprint density at radius 3 is 2.55 bits per heavy atom. The van der Waals surface area contributed by atoms with Gasteiger partial charge >= 0.3 is 0 Å². The Morgan fingerprint density at radius 1 is 0.968 bits per heavy atom. The second-order valence-corrected chi connectivity index (χ2v) is 8.73. The van der Waals surface area contributed by atoms with Gasteiger partial charge in [0, 0.05) is 41.7 Å². The van der Waals surface area contributed by atoms with Gasteiger partial charge in [0.15, 0.2) is 0 Å². The first-order chi connectivity index (χ1) is 15.3. The van der Waals surface area contributed by atoms with Crippen molar-refractivity contribution >= 4 is 34.7 Å². The van der Waals surface area contributed by atoms with Gasteiger partial charge in [-0.15, -0.1) is 11.8 Å². The van der Waals surface area contributed by atoms with Crippen molar-refractivity contribution in [3.63, 3.8) is 0 Å². The highest BCUT2D eigenvalue weighted by Gasteiger charge is 2.17. The van der Waals surface area contributed by atoms with Crippen molar-refractivity contribution in [3.05, 3.63) is 90.4 Å². The number of rotatable bonds is 6. The molecule has 0 spiro atoms. The first-order valence-electron chi connectivity index (χ1n) is 10.6. The molecular weight excluding hydrogens is 404 g/mol. The van der Waals surface area contributed by atoms with Crippen LogP contribution in [0.2, 0.25) is 0 Å². The number of thioether (sulfide) groups is 1. The molecule has 4 aromatic rings. The number of imidazole rings is 1. The third-order valence-electron chi connectivity index (χ3n) is 5.52. The Bertz CT molecular complexity index is 1160. The van der Waals surface area contributed by atoms with Crippen LogP contribution < -0.4 is 10.2 Å². The van der Waals surface area contributed by atoms with Crippen molar-refractivity contribution in [2.45, 2.75) is 23.5 Å². The summed E-state index contributed by atoms with van der Waals surface area (Å²) in [6, 6.07) is 21.8. The molecule has 3 heterocycles. The summed E-state index contributed by atoms with van der Waals surface area (Å²) in [7, 11) is 0. The number of nitrogens with zero attached hydrogens (tertiary/aromatic N) is 3. The van der Waals surface area contributed by atoms with E-state index in [1.807, 2.05) is 71.3 Å². The highest BCUT2D eigenvalue weighted by molar-refractivity contribution is 7.98. The van der Waals surface area contributed by atoms with Crippen LogP contribution in [0, 0.1) is 0 Å². The second kappa shape index (κ2) is 8.86. The van der Waals surface area contributed by atoms with E-state index in [1.165, 1.54) is 12.8 Å². The normalized spacial score (nSPS) is 13.6. The molecule has 0 atom stereocenters. The molecule has 0 aliphatic carbocycles. The molecule has 0 unspecified atom stereocenters. The number of hydrogen-bond acceptors (Lipinski definition) is 4. The average Bonchev–Trinajstić information content (AvgIpc) is 3.48. The minimum absolute atomic E-state index is 0.0800. The molecule has 156 valence electrons. The van der Waals surface area contributed by atoms with Gasteiger partial charge in [-0.05, 0) is 61.4 Å². The Balaban J connectivity index is 1.23. The lowest BCUT2D eigenvalue weighted by Gasteiger charge is -2.21. The number of fused-ring (bicyclic) bond motifs is 1. The van der Waals surface area contributed by atoms with Gasteiger partial charge in [-0.3, -0.25) is 4.79 Å². The van der Waals surface area contributed by atoms with Crippen LogP contribution in [0.15, 0.2) is 84.0 Å². The number of hydrogen-bond donors (Lipinski definition) is 1. The minimum atomic E-state index is -0.0800. The average molecular weight is 429 g/mol. The summed E-state index contributed by atoms with van der Waals surface area (Å²) >= 11 is 1.72. The van der Waals surface area contributed by atoms with Crippen LogP contribution in [-0.2, 0) is 5.75 Å². The van der Waals surface area contributed by atoms with E-state index in [0.717, 1.165) is 46.5 Å². The zero-order chi connectivity index (χ0) is 21.0. The summed E-state index contributed by atoms with van der Waals surface area (Å²) in [6.45, 7) is 2.09. The van der Waals surface area contributed by atoms with E-state index < -0.39 is 0 Å². The van der Waals surface area contributed by atoms with Crippen LogP contribution in [0.25, 0.3) is 5.65 Å². The highest BCUT2D eigenvalue weighted by Crippen LogP contribution is 2.29. The van der Waals surface area contributed by atoms with Gasteiger partial charge in [-0.2, -0.15) is 0 Å². The number of nitrogens with one attached hydrogen (secondary N) is 1. The Hall–Kier alpha value is -3.25. The number of anilines is 2. The van der Waals surface area contributed by atoms with Crippen molar-refractivity contribution < 1.29 is 4.79 Å². The molecule has 1 aliphatic heterocycles.